The molecule has 1 aromatic rings. The van der Waals surface area contributed by atoms with Crippen LogP contribution in [0.4, 0.5) is 0 Å². The molecule has 1 atom stereocenters. The first-order valence-electron chi connectivity index (χ1n) is 7.18. The molecule has 1 unspecified atom stereocenters. The lowest BCUT2D eigenvalue weighted by Crippen LogP contribution is -2.43. The second-order valence-corrected chi connectivity index (χ2v) is 6.75. The Morgan fingerprint density at radius 3 is 2.05 bits per heavy atom. The number of rotatable bonds is 3. The first kappa shape index (κ1) is 14.5. The van der Waals surface area contributed by atoms with Crippen LogP contribution in [0.2, 0.25) is 0 Å². The highest BCUT2D eigenvalue weighted by Crippen LogP contribution is 2.47. The van der Waals surface area contributed by atoms with Crippen LogP contribution in [0.3, 0.4) is 0 Å². The highest BCUT2D eigenvalue weighted by atomic mass is 16.5. The van der Waals surface area contributed by atoms with Crippen LogP contribution in [-0.2, 0) is 4.74 Å². The summed E-state index contributed by atoms with van der Waals surface area (Å²) in [6.07, 6.45) is 3.51. The van der Waals surface area contributed by atoms with E-state index in [0.717, 1.165) is 31.2 Å². The fourth-order valence-corrected chi connectivity index (χ4v) is 2.99. The SMILES string of the molecule is COC1(C(O)c2ccc(C)cc2)CCC(C)(C)CC1. The Bertz CT molecular complexity index is 409. The van der Waals surface area contributed by atoms with Gasteiger partial charge in [-0.05, 0) is 43.6 Å². The Morgan fingerprint density at radius 2 is 1.58 bits per heavy atom. The molecule has 2 heteroatoms. The molecule has 1 aliphatic carbocycles. The normalized spacial score (nSPS) is 23.0. The van der Waals surface area contributed by atoms with Gasteiger partial charge in [0.05, 0.1) is 5.60 Å². The van der Waals surface area contributed by atoms with Crippen molar-refractivity contribution in [3.63, 3.8) is 0 Å². The van der Waals surface area contributed by atoms with Crippen molar-refractivity contribution in [2.75, 3.05) is 7.11 Å². The highest BCUT2D eigenvalue weighted by Gasteiger charge is 2.44. The molecule has 1 aromatic carbocycles. The maximum absolute atomic E-state index is 10.7. The predicted octanol–water partition coefficient (Wildman–Crippen LogP) is 4.01. The van der Waals surface area contributed by atoms with E-state index in [9.17, 15) is 5.11 Å². The van der Waals surface area contributed by atoms with Gasteiger partial charge in [-0.15, -0.1) is 0 Å². The minimum Gasteiger partial charge on any atom is -0.385 e. The number of benzene rings is 1. The lowest BCUT2D eigenvalue weighted by atomic mass is 9.68. The molecule has 106 valence electrons. The number of aryl methyl sites for hydroxylation is 1. The van der Waals surface area contributed by atoms with Crippen molar-refractivity contribution in [1.29, 1.82) is 0 Å². The third-order valence-corrected chi connectivity index (χ3v) is 4.75. The summed E-state index contributed by atoms with van der Waals surface area (Å²) in [5, 5.41) is 10.7. The predicted molar refractivity (Wildman–Crippen MR) is 78.1 cm³/mol. The van der Waals surface area contributed by atoms with E-state index in [4.69, 9.17) is 4.74 Å². The Hall–Kier alpha value is -0.860. The summed E-state index contributed by atoms with van der Waals surface area (Å²) in [6.45, 7) is 6.65. The van der Waals surface area contributed by atoms with Gasteiger partial charge in [-0.3, -0.25) is 0 Å². The molecule has 1 aliphatic rings. The van der Waals surface area contributed by atoms with Gasteiger partial charge in [-0.25, -0.2) is 0 Å². The summed E-state index contributed by atoms with van der Waals surface area (Å²) >= 11 is 0. The molecule has 0 radical (unpaired) electrons. The summed E-state index contributed by atoms with van der Waals surface area (Å²) in [5.41, 5.74) is 2.14. The van der Waals surface area contributed by atoms with Crippen molar-refractivity contribution < 1.29 is 9.84 Å². The van der Waals surface area contributed by atoms with Gasteiger partial charge in [0, 0.05) is 7.11 Å². The molecule has 0 aromatic heterocycles. The van der Waals surface area contributed by atoms with Gasteiger partial charge >= 0.3 is 0 Å². The van der Waals surface area contributed by atoms with Crippen molar-refractivity contribution in [3.05, 3.63) is 35.4 Å². The maximum atomic E-state index is 10.7. The third-order valence-electron chi connectivity index (χ3n) is 4.75. The molecular weight excluding hydrogens is 236 g/mol. The van der Waals surface area contributed by atoms with Crippen LogP contribution in [0.15, 0.2) is 24.3 Å². The molecule has 0 saturated heterocycles. The van der Waals surface area contributed by atoms with E-state index in [1.54, 1.807) is 7.11 Å². The largest absolute Gasteiger partial charge is 0.385 e. The first-order chi connectivity index (χ1) is 8.88. The molecule has 2 nitrogen and oxygen atoms in total. The molecule has 1 fully saturated rings. The standard InChI is InChI=1S/C17H26O2/c1-13-5-7-14(8-6-13)15(18)17(19-4)11-9-16(2,3)10-12-17/h5-8,15,18H,9-12H2,1-4H3. The molecule has 1 N–H and O–H groups in total. The summed E-state index contributed by atoms with van der Waals surface area (Å²) < 4.78 is 5.77. The van der Waals surface area contributed by atoms with Crippen molar-refractivity contribution in [1.82, 2.24) is 0 Å². The van der Waals surface area contributed by atoms with Crippen molar-refractivity contribution in [3.8, 4) is 0 Å². The number of hydrogen-bond acceptors (Lipinski definition) is 2. The fraction of sp³-hybridized carbons (Fsp3) is 0.647. The fourth-order valence-electron chi connectivity index (χ4n) is 2.99. The summed E-state index contributed by atoms with van der Waals surface area (Å²) in [7, 11) is 1.73. The summed E-state index contributed by atoms with van der Waals surface area (Å²) in [5.74, 6) is 0. The van der Waals surface area contributed by atoms with Crippen LogP contribution < -0.4 is 0 Å². The Kier molecular flexibility index (Phi) is 4.03. The third kappa shape index (κ3) is 3.01. The number of hydrogen-bond donors (Lipinski definition) is 1. The van der Waals surface area contributed by atoms with E-state index < -0.39 is 11.7 Å². The molecule has 2 rings (SSSR count). The van der Waals surface area contributed by atoms with E-state index in [1.807, 2.05) is 12.1 Å². The first-order valence-corrected chi connectivity index (χ1v) is 7.18. The average molecular weight is 262 g/mol. The monoisotopic (exact) mass is 262 g/mol. The van der Waals surface area contributed by atoms with Gasteiger partial charge < -0.3 is 9.84 Å². The van der Waals surface area contributed by atoms with Crippen molar-refractivity contribution in [2.24, 2.45) is 5.41 Å². The Labute approximate surface area is 116 Å². The summed E-state index contributed by atoms with van der Waals surface area (Å²) in [6, 6.07) is 8.13. The minimum atomic E-state index is -0.533. The van der Waals surface area contributed by atoms with Gasteiger partial charge in [-0.1, -0.05) is 43.7 Å². The molecule has 19 heavy (non-hydrogen) atoms. The van der Waals surface area contributed by atoms with E-state index in [2.05, 4.69) is 32.9 Å². The lowest BCUT2D eigenvalue weighted by molar-refractivity contribution is -0.138. The highest BCUT2D eigenvalue weighted by molar-refractivity contribution is 5.25. The van der Waals surface area contributed by atoms with Crippen LogP contribution >= 0.6 is 0 Å². The van der Waals surface area contributed by atoms with Crippen LogP contribution in [-0.4, -0.2) is 17.8 Å². The van der Waals surface area contributed by atoms with Crippen LogP contribution in [0.1, 0.15) is 56.8 Å². The molecule has 0 amide bonds. The molecule has 1 saturated carbocycles. The zero-order chi connectivity index (χ0) is 14.1. The minimum absolute atomic E-state index is 0.370. The van der Waals surface area contributed by atoms with Crippen LogP contribution in [0, 0.1) is 12.3 Å². The zero-order valence-corrected chi connectivity index (χ0v) is 12.6. The molecule has 0 spiro atoms. The van der Waals surface area contributed by atoms with E-state index in [1.165, 1.54) is 5.56 Å². The average Bonchev–Trinajstić information content (AvgIpc) is 2.40. The number of aliphatic hydroxyl groups excluding tert-OH is 1. The number of methoxy groups -OCH3 is 1. The number of ether oxygens (including phenoxy) is 1. The van der Waals surface area contributed by atoms with Gasteiger partial charge in [0.2, 0.25) is 0 Å². The van der Waals surface area contributed by atoms with Crippen molar-refractivity contribution >= 4 is 0 Å². The Morgan fingerprint density at radius 1 is 1.05 bits per heavy atom. The lowest BCUT2D eigenvalue weighted by Gasteiger charge is -2.45. The summed E-state index contributed by atoms with van der Waals surface area (Å²) in [4.78, 5) is 0. The quantitative estimate of drug-likeness (QED) is 0.891. The van der Waals surface area contributed by atoms with E-state index in [-0.39, 0.29) is 0 Å². The van der Waals surface area contributed by atoms with Crippen molar-refractivity contribution in [2.45, 2.75) is 58.2 Å². The van der Waals surface area contributed by atoms with Gasteiger partial charge in [0.25, 0.3) is 0 Å². The topological polar surface area (TPSA) is 29.5 Å². The number of aliphatic hydroxyl groups is 1. The molecule has 0 heterocycles. The second kappa shape index (κ2) is 5.26. The zero-order valence-electron chi connectivity index (χ0n) is 12.6. The van der Waals surface area contributed by atoms with Gasteiger partial charge in [0.1, 0.15) is 6.10 Å². The van der Waals surface area contributed by atoms with E-state index >= 15 is 0 Å². The second-order valence-electron chi connectivity index (χ2n) is 6.75. The van der Waals surface area contributed by atoms with Crippen LogP contribution in [0.25, 0.3) is 0 Å². The van der Waals surface area contributed by atoms with Crippen LogP contribution in [0.5, 0.6) is 0 Å². The molecule has 0 bridgehead atoms. The van der Waals surface area contributed by atoms with E-state index in [0.29, 0.717) is 5.41 Å². The smallest absolute Gasteiger partial charge is 0.108 e. The maximum Gasteiger partial charge on any atom is 0.108 e. The van der Waals surface area contributed by atoms with Gasteiger partial charge in [0.15, 0.2) is 0 Å². The molecule has 0 aliphatic heterocycles. The molecular formula is C17H26O2. The van der Waals surface area contributed by atoms with Gasteiger partial charge in [-0.2, -0.15) is 0 Å². The Balaban J connectivity index is 2.19.